The van der Waals surface area contributed by atoms with Crippen LogP contribution in [0.1, 0.15) is 26.7 Å². The van der Waals surface area contributed by atoms with Crippen molar-refractivity contribution in [2.45, 2.75) is 38.9 Å². The van der Waals surface area contributed by atoms with Gasteiger partial charge in [0.05, 0.1) is 18.4 Å². The number of rotatable bonds is 4. The molecule has 3 nitrogen and oxygen atoms in total. The van der Waals surface area contributed by atoms with E-state index in [4.69, 9.17) is 9.47 Å². The van der Waals surface area contributed by atoms with E-state index in [-0.39, 0.29) is 6.10 Å². The van der Waals surface area contributed by atoms with E-state index in [1.807, 2.05) is 19.9 Å². The van der Waals surface area contributed by atoms with Gasteiger partial charge in [0.15, 0.2) is 11.5 Å². The van der Waals surface area contributed by atoms with E-state index in [9.17, 15) is 0 Å². The van der Waals surface area contributed by atoms with Crippen molar-refractivity contribution in [2.24, 2.45) is 0 Å². The van der Waals surface area contributed by atoms with E-state index in [1.54, 1.807) is 6.20 Å². The van der Waals surface area contributed by atoms with Gasteiger partial charge in [0.1, 0.15) is 3.70 Å². The molecule has 4 heteroatoms. The van der Waals surface area contributed by atoms with Gasteiger partial charge in [-0.1, -0.05) is 0 Å². The summed E-state index contributed by atoms with van der Waals surface area (Å²) >= 11 is 2.18. The summed E-state index contributed by atoms with van der Waals surface area (Å²) in [5.41, 5.74) is 0. The topological polar surface area (TPSA) is 31.4 Å². The molecule has 0 spiro atoms. The van der Waals surface area contributed by atoms with Crippen molar-refractivity contribution in [3.8, 4) is 11.5 Å². The third-order valence-corrected chi connectivity index (χ3v) is 2.57. The number of nitrogens with zero attached hydrogens (tertiary/aromatic N) is 1. The van der Waals surface area contributed by atoms with Crippen LogP contribution in [0.3, 0.4) is 0 Å². The smallest absolute Gasteiger partial charge is 0.179 e. The van der Waals surface area contributed by atoms with Crippen LogP contribution >= 0.6 is 22.6 Å². The summed E-state index contributed by atoms with van der Waals surface area (Å²) in [7, 11) is 0. The normalized spacial score (nSPS) is 15.5. The summed E-state index contributed by atoms with van der Waals surface area (Å²) in [6, 6.07) is 1.93. The standard InChI is InChI=1S/C11H14INO2/c1-7(2)14-10-6-13-11(12)5-9(10)15-8-3-4-8/h5-8H,3-4H2,1-2H3. The van der Waals surface area contributed by atoms with Crippen molar-refractivity contribution in [2.75, 3.05) is 0 Å². The lowest BCUT2D eigenvalue weighted by molar-refractivity contribution is 0.216. The van der Waals surface area contributed by atoms with Crippen LogP contribution in [0.25, 0.3) is 0 Å². The van der Waals surface area contributed by atoms with E-state index in [1.165, 1.54) is 0 Å². The maximum Gasteiger partial charge on any atom is 0.179 e. The molecule has 0 saturated heterocycles. The minimum absolute atomic E-state index is 0.147. The first-order valence-corrected chi connectivity index (χ1v) is 6.22. The predicted octanol–water partition coefficient (Wildman–Crippen LogP) is 3.01. The van der Waals surface area contributed by atoms with Crippen LogP contribution in [0, 0.1) is 3.70 Å². The first-order valence-electron chi connectivity index (χ1n) is 5.14. The summed E-state index contributed by atoms with van der Waals surface area (Å²) in [4.78, 5) is 4.20. The highest BCUT2D eigenvalue weighted by Gasteiger charge is 2.25. The Morgan fingerprint density at radius 3 is 2.73 bits per heavy atom. The lowest BCUT2D eigenvalue weighted by atomic mass is 10.4. The fourth-order valence-corrected chi connectivity index (χ4v) is 1.62. The Hall–Kier alpha value is -0.520. The van der Waals surface area contributed by atoms with Crippen molar-refractivity contribution in [3.63, 3.8) is 0 Å². The van der Waals surface area contributed by atoms with Gasteiger partial charge in [0, 0.05) is 6.07 Å². The van der Waals surface area contributed by atoms with Gasteiger partial charge in [-0.25, -0.2) is 4.98 Å². The second-order valence-corrected chi connectivity index (χ2v) is 5.04. The lowest BCUT2D eigenvalue weighted by Gasteiger charge is -2.14. The molecule has 15 heavy (non-hydrogen) atoms. The average molecular weight is 319 g/mol. The summed E-state index contributed by atoms with van der Waals surface area (Å²) < 4.78 is 12.3. The quantitative estimate of drug-likeness (QED) is 0.631. The number of hydrogen-bond donors (Lipinski definition) is 0. The largest absolute Gasteiger partial charge is 0.486 e. The van der Waals surface area contributed by atoms with Gasteiger partial charge < -0.3 is 9.47 Å². The maximum atomic E-state index is 5.77. The number of ether oxygens (including phenoxy) is 2. The van der Waals surface area contributed by atoms with Gasteiger partial charge in [-0.3, -0.25) is 0 Å². The monoisotopic (exact) mass is 319 g/mol. The van der Waals surface area contributed by atoms with Gasteiger partial charge >= 0.3 is 0 Å². The van der Waals surface area contributed by atoms with E-state index in [2.05, 4.69) is 27.6 Å². The summed E-state index contributed by atoms with van der Waals surface area (Å²) in [6.45, 7) is 4.00. The Labute approximate surface area is 103 Å². The third-order valence-electron chi connectivity index (χ3n) is 1.98. The summed E-state index contributed by atoms with van der Waals surface area (Å²) in [5, 5.41) is 0. The van der Waals surface area contributed by atoms with Crippen LogP contribution in [0.5, 0.6) is 11.5 Å². The Balaban J connectivity index is 2.17. The molecular formula is C11H14INO2. The molecule has 1 aliphatic carbocycles. The van der Waals surface area contributed by atoms with Crippen LogP contribution in [0.4, 0.5) is 0 Å². The molecule has 1 aromatic rings. The molecule has 1 aliphatic rings. The third kappa shape index (κ3) is 3.22. The highest BCUT2D eigenvalue weighted by Crippen LogP contribution is 2.34. The van der Waals surface area contributed by atoms with Gasteiger partial charge in [0.25, 0.3) is 0 Å². The van der Waals surface area contributed by atoms with Crippen molar-refractivity contribution >= 4 is 22.6 Å². The first kappa shape index (κ1) is 11.0. The molecule has 0 atom stereocenters. The molecule has 0 N–H and O–H groups in total. The van der Waals surface area contributed by atoms with E-state index in [0.717, 1.165) is 28.0 Å². The Morgan fingerprint density at radius 2 is 2.13 bits per heavy atom. The van der Waals surface area contributed by atoms with Gasteiger partial charge in [-0.2, -0.15) is 0 Å². The second-order valence-electron chi connectivity index (χ2n) is 3.94. The van der Waals surface area contributed by atoms with Crippen molar-refractivity contribution < 1.29 is 9.47 Å². The minimum atomic E-state index is 0.147. The Kier molecular flexibility index (Phi) is 3.33. The molecular weight excluding hydrogens is 305 g/mol. The lowest BCUT2D eigenvalue weighted by Crippen LogP contribution is -2.08. The number of halogens is 1. The Bertz CT molecular complexity index is 350. The summed E-state index contributed by atoms with van der Waals surface area (Å²) in [5.74, 6) is 1.57. The fraction of sp³-hybridized carbons (Fsp3) is 0.545. The zero-order chi connectivity index (χ0) is 10.8. The molecule has 1 heterocycles. The van der Waals surface area contributed by atoms with Crippen LogP contribution in [0.2, 0.25) is 0 Å². The molecule has 1 saturated carbocycles. The summed E-state index contributed by atoms with van der Waals surface area (Å²) in [6.07, 6.45) is 4.57. The van der Waals surface area contributed by atoms with Crippen LogP contribution in [-0.2, 0) is 0 Å². The molecule has 0 bridgehead atoms. The highest BCUT2D eigenvalue weighted by molar-refractivity contribution is 14.1. The molecule has 0 aromatic carbocycles. The average Bonchev–Trinajstić information content (AvgIpc) is 2.93. The van der Waals surface area contributed by atoms with Crippen LogP contribution in [0.15, 0.2) is 12.3 Å². The van der Waals surface area contributed by atoms with Gasteiger partial charge in [-0.05, 0) is 49.3 Å². The molecule has 2 rings (SSSR count). The van der Waals surface area contributed by atoms with E-state index in [0.29, 0.717) is 6.10 Å². The number of pyridine rings is 1. The van der Waals surface area contributed by atoms with Crippen molar-refractivity contribution in [3.05, 3.63) is 16.0 Å². The second kappa shape index (κ2) is 4.55. The van der Waals surface area contributed by atoms with Gasteiger partial charge in [-0.15, -0.1) is 0 Å². The molecule has 0 unspecified atom stereocenters. The Morgan fingerprint density at radius 1 is 1.40 bits per heavy atom. The zero-order valence-corrected chi connectivity index (χ0v) is 11.0. The highest BCUT2D eigenvalue weighted by atomic mass is 127. The van der Waals surface area contributed by atoms with Crippen molar-refractivity contribution in [1.82, 2.24) is 4.98 Å². The predicted molar refractivity (Wildman–Crippen MR) is 66.4 cm³/mol. The van der Waals surface area contributed by atoms with Crippen molar-refractivity contribution in [1.29, 1.82) is 0 Å². The van der Waals surface area contributed by atoms with Crippen LogP contribution < -0.4 is 9.47 Å². The molecule has 0 aliphatic heterocycles. The number of hydrogen-bond acceptors (Lipinski definition) is 3. The minimum Gasteiger partial charge on any atom is -0.486 e. The molecule has 1 aromatic heterocycles. The van der Waals surface area contributed by atoms with Gasteiger partial charge in [0.2, 0.25) is 0 Å². The van der Waals surface area contributed by atoms with E-state index >= 15 is 0 Å². The first-order chi connectivity index (χ1) is 7.15. The molecule has 0 radical (unpaired) electrons. The molecule has 1 fully saturated rings. The zero-order valence-electron chi connectivity index (χ0n) is 8.87. The molecule has 82 valence electrons. The van der Waals surface area contributed by atoms with E-state index < -0.39 is 0 Å². The van der Waals surface area contributed by atoms with Crippen LogP contribution in [-0.4, -0.2) is 17.2 Å². The molecule has 0 amide bonds. The number of aromatic nitrogens is 1. The fourth-order valence-electron chi connectivity index (χ4n) is 1.20. The maximum absolute atomic E-state index is 5.77. The SMILES string of the molecule is CC(C)Oc1cnc(I)cc1OC1CC1.